The fourth-order valence-corrected chi connectivity index (χ4v) is 3.44. The zero-order chi connectivity index (χ0) is 20.8. The number of hydrogen-bond donors (Lipinski definition) is 1. The summed E-state index contributed by atoms with van der Waals surface area (Å²) in [7, 11) is 0. The van der Waals surface area contributed by atoms with Crippen LogP contribution in [0.25, 0.3) is 16.7 Å². The normalized spacial score (nSPS) is 16.2. The minimum absolute atomic E-state index is 0.0118. The van der Waals surface area contributed by atoms with E-state index < -0.39 is 11.9 Å². The number of halogens is 2. The van der Waals surface area contributed by atoms with Crippen LogP contribution in [0.5, 0.6) is 0 Å². The van der Waals surface area contributed by atoms with Crippen molar-refractivity contribution in [3.8, 4) is 5.69 Å². The van der Waals surface area contributed by atoms with Gasteiger partial charge in [0, 0.05) is 43.7 Å². The summed E-state index contributed by atoms with van der Waals surface area (Å²) in [6, 6.07) is 4.93. The van der Waals surface area contributed by atoms with E-state index in [0.717, 1.165) is 0 Å². The van der Waals surface area contributed by atoms with Gasteiger partial charge in [0.2, 0.25) is 0 Å². The molecule has 1 saturated heterocycles. The Labute approximate surface area is 164 Å². The molecular weight excluding hydrogens is 382 g/mol. The summed E-state index contributed by atoms with van der Waals surface area (Å²) in [6.07, 6.45) is 4.00. The maximum atomic E-state index is 13.3. The van der Waals surface area contributed by atoms with Crippen molar-refractivity contribution in [1.29, 1.82) is 0 Å². The number of carbonyl (C=O) groups is 2. The van der Waals surface area contributed by atoms with Gasteiger partial charge in [-0.1, -0.05) is 0 Å². The molecule has 7 nitrogen and oxygen atoms in total. The fourth-order valence-electron chi connectivity index (χ4n) is 3.44. The lowest BCUT2D eigenvalue weighted by molar-refractivity contribution is -0.0494. The standard InChI is InChI=1S/C20H18F2N4O3/c1-12-16(19(28)29)9-15(11-23-12)26-5-2-13-8-14(10-24-17(13)26)18(27)25-6-3-20(21,22)4-7-25/h2,5,8-11H,3-4,6-7H2,1H3,(H,28,29). The van der Waals surface area contributed by atoms with Crippen LogP contribution < -0.4 is 0 Å². The molecule has 4 rings (SSSR count). The summed E-state index contributed by atoms with van der Waals surface area (Å²) in [5.41, 5.74) is 1.90. The topological polar surface area (TPSA) is 88.3 Å². The first-order chi connectivity index (χ1) is 13.7. The number of carboxylic acids is 1. The van der Waals surface area contributed by atoms with Gasteiger partial charge in [-0.05, 0) is 25.1 Å². The van der Waals surface area contributed by atoms with Crippen molar-refractivity contribution in [2.24, 2.45) is 0 Å². The van der Waals surface area contributed by atoms with E-state index in [0.29, 0.717) is 28.0 Å². The van der Waals surface area contributed by atoms with Crippen LogP contribution >= 0.6 is 0 Å². The number of likely N-dealkylation sites (tertiary alicyclic amines) is 1. The highest BCUT2D eigenvalue weighted by Gasteiger charge is 2.35. The van der Waals surface area contributed by atoms with Gasteiger partial charge in [-0.15, -0.1) is 0 Å². The predicted molar refractivity (Wildman–Crippen MR) is 101 cm³/mol. The van der Waals surface area contributed by atoms with Crippen molar-refractivity contribution in [2.75, 3.05) is 13.1 Å². The molecule has 1 fully saturated rings. The number of aryl methyl sites for hydroxylation is 1. The van der Waals surface area contributed by atoms with Gasteiger partial charge in [0.15, 0.2) is 0 Å². The van der Waals surface area contributed by atoms with Crippen LogP contribution in [0.2, 0.25) is 0 Å². The molecule has 1 N–H and O–H groups in total. The number of fused-ring (bicyclic) bond motifs is 1. The first kappa shape index (κ1) is 19.0. The second kappa shape index (κ2) is 6.91. The first-order valence-corrected chi connectivity index (χ1v) is 9.10. The number of pyridine rings is 2. The Morgan fingerprint density at radius 2 is 1.86 bits per heavy atom. The fraction of sp³-hybridized carbons (Fsp3) is 0.300. The summed E-state index contributed by atoms with van der Waals surface area (Å²) < 4.78 is 28.3. The van der Waals surface area contributed by atoms with Crippen LogP contribution in [0.4, 0.5) is 8.78 Å². The molecule has 1 aliphatic heterocycles. The van der Waals surface area contributed by atoms with Gasteiger partial charge in [-0.3, -0.25) is 14.3 Å². The van der Waals surface area contributed by atoms with Crippen LogP contribution in [-0.4, -0.2) is 55.4 Å². The molecular formula is C20H18F2N4O3. The van der Waals surface area contributed by atoms with Crippen molar-refractivity contribution in [2.45, 2.75) is 25.7 Å². The van der Waals surface area contributed by atoms with Crippen LogP contribution in [-0.2, 0) is 0 Å². The SMILES string of the molecule is Cc1ncc(-n2ccc3cc(C(=O)N4CCC(F)(F)CC4)cnc32)cc1C(=O)O. The van der Waals surface area contributed by atoms with E-state index in [-0.39, 0.29) is 37.4 Å². The maximum absolute atomic E-state index is 13.3. The Balaban J connectivity index is 1.64. The lowest BCUT2D eigenvalue weighted by atomic mass is 10.1. The van der Waals surface area contributed by atoms with E-state index >= 15 is 0 Å². The van der Waals surface area contributed by atoms with E-state index in [4.69, 9.17) is 0 Å². The average Bonchev–Trinajstić information content (AvgIpc) is 3.11. The number of carboxylic acid groups (broad SMARTS) is 1. The molecule has 4 heterocycles. The number of nitrogens with zero attached hydrogens (tertiary/aromatic N) is 4. The molecule has 0 unspecified atom stereocenters. The van der Waals surface area contributed by atoms with E-state index in [1.807, 2.05) is 0 Å². The number of rotatable bonds is 3. The third-order valence-corrected chi connectivity index (χ3v) is 5.14. The molecule has 1 amide bonds. The van der Waals surface area contributed by atoms with Gasteiger partial charge < -0.3 is 10.0 Å². The summed E-state index contributed by atoms with van der Waals surface area (Å²) in [4.78, 5) is 33.9. The number of piperidine rings is 1. The Morgan fingerprint density at radius 1 is 1.14 bits per heavy atom. The number of carbonyl (C=O) groups excluding carboxylic acids is 1. The summed E-state index contributed by atoms with van der Waals surface area (Å²) in [5, 5.41) is 9.98. The molecule has 0 bridgehead atoms. The van der Waals surface area contributed by atoms with E-state index in [9.17, 15) is 23.5 Å². The third kappa shape index (κ3) is 3.55. The average molecular weight is 400 g/mol. The monoisotopic (exact) mass is 400 g/mol. The summed E-state index contributed by atoms with van der Waals surface area (Å²) in [6.45, 7) is 1.64. The summed E-state index contributed by atoms with van der Waals surface area (Å²) in [5.74, 6) is -4.11. The molecule has 0 aliphatic carbocycles. The van der Waals surface area contributed by atoms with Gasteiger partial charge in [0.1, 0.15) is 5.65 Å². The van der Waals surface area contributed by atoms with Gasteiger partial charge in [0.25, 0.3) is 11.8 Å². The van der Waals surface area contributed by atoms with Crippen molar-refractivity contribution in [1.82, 2.24) is 19.4 Å². The van der Waals surface area contributed by atoms with Crippen LogP contribution in [0.3, 0.4) is 0 Å². The first-order valence-electron chi connectivity index (χ1n) is 9.10. The summed E-state index contributed by atoms with van der Waals surface area (Å²) >= 11 is 0. The van der Waals surface area contributed by atoms with Gasteiger partial charge in [0.05, 0.1) is 28.7 Å². The second-order valence-corrected chi connectivity index (χ2v) is 7.10. The molecule has 0 aromatic carbocycles. The number of aromatic carboxylic acids is 1. The minimum atomic E-state index is -2.72. The molecule has 9 heteroatoms. The number of alkyl halides is 2. The van der Waals surface area contributed by atoms with Gasteiger partial charge >= 0.3 is 5.97 Å². The Bertz CT molecular complexity index is 1120. The lowest BCUT2D eigenvalue weighted by Gasteiger charge is -2.31. The van der Waals surface area contributed by atoms with Gasteiger partial charge in [-0.25, -0.2) is 18.6 Å². The largest absolute Gasteiger partial charge is 0.478 e. The van der Waals surface area contributed by atoms with Crippen LogP contribution in [0.1, 0.15) is 39.3 Å². The maximum Gasteiger partial charge on any atom is 0.337 e. The molecule has 0 atom stereocenters. The van der Waals surface area contributed by atoms with Crippen molar-refractivity contribution >= 4 is 22.9 Å². The van der Waals surface area contributed by atoms with Crippen molar-refractivity contribution < 1.29 is 23.5 Å². The number of hydrogen-bond acceptors (Lipinski definition) is 4. The molecule has 0 saturated carbocycles. The quantitative estimate of drug-likeness (QED) is 0.729. The van der Waals surface area contributed by atoms with E-state index in [1.165, 1.54) is 17.2 Å². The Morgan fingerprint density at radius 3 is 2.55 bits per heavy atom. The molecule has 3 aromatic rings. The second-order valence-electron chi connectivity index (χ2n) is 7.10. The Hall–Kier alpha value is -3.36. The Kier molecular flexibility index (Phi) is 4.52. The van der Waals surface area contributed by atoms with E-state index in [2.05, 4.69) is 9.97 Å². The molecule has 0 radical (unpaired) electrons. The molecule has 29 heavy (non-hydrogen) atoms. The van der Waals surface area contributed by atoms with Crippen LogP contribution in [0, 0.1) is 6.92 Å². The highest BCUT2D eigenvalue weighted by atomic mass is 19.3. The van der Waals surface area contributed by atoms with Crippen LogP contribution in [0.15, 0.2) is 36.8 Å². The number of aromatic nitrogens is 3. The lowest BCUT2D eigenvalue weighted by Crippen LogP contribution is -2.42. The predicted octanol–water partition coefficient (Wildman–Crippen LogP) is 3.30. The van der Waals surface area contributed by atoms with E-state index in [1.54, 1.807) is 36.0 Å². The van der Waals surface area contributed by atoms with Crippen molar-refractivity contribution in [3.63, 3.8) is 0 Å². The molecule has 0 spiro atoms. The molecule has 1 aliphatic rings. The zero-order valence-corrected chi connectivity index (χ0v) is 15.6. The van der Waals surface area contributed by atoms with Gasteiger partial charge in [-0.2, -0.15) is 0 Å². The third-order valence-electron chi connectivity index (χ3n) is 5.14. The highest BCUT2D eigenvalue weighted by molar-refractivity contribution is 5.97. The molecule has 3 aromatic heterocycles. The highest BCUT2D eigenvalue weighted by Crippen LogP contribution is 2.29. The smallest absolute Gasteiger partial charge is 0.337 e. The zero-order valence-electron chi connectivity index (χ0n) is 15.6. The number of amides is 1. The molecule has 150 valence electrons. The van der Waals surface area contributed by atoms with Crippen molar-refractivity contribution in [3.05, 3.63) is 53.6 Å². The minimum Gasteiger partial charge on any atom is -0.478 e.